The van der Waals surface area contributed by atoms with Gasteiger partial charge in [0.15, 0.2) is 23.0 Å². The van der Waals surface area contributed by atoms with E-state index in [0.717, 1.165) is 28.2 Å². The van der Waals surface area contributed by atoms with Gasteiger partial charge in [-0.15, -0.1) is 0 Å². The monoisotopic (exact) mass is 826 g/mol. The third-order valence-corrected chi connectivity index (χ3v) is 13.6. The molecule has 0 bridgehead atoms. The summed E-state index contributed by atoms with van der Waals surface area (Å²) in [6.45, 7) is 13.4. The van der Waals surface area contributed by atoms with Gasteiger partial charge in [-0.05, 0) is 153 Å². The van der Waals surface area contributed by atoms with Gasteiger partial charge in [0, 0.05) is 40.1 Å². The quantitative estimate of drug-likeness (QED) is 0.165. The highest BCUT2D eigenvalue weighted by Gasteiger charge is 2.47. The number of benzene rings is 9. The van der Waals surface area contributed by atoms with E-state index in [1.165, 1.54) is 77.6 Å². The summed E-state index contributed by atoms with van der Waals surface area (Å²) in [7, 11) is 0. The van der Waals surface area contributed by atoms with E-state index in [-0.39, 0.29) is 12.3 Å². The molecule has 64 heavy (non-hydrogen) atoms. The predicted molar refractivity (Wildman–Crippen MR) is 268 cm³/mol. The highest BCUT2D eigenvalue weighted by molar-refractivity contribution is 6.93. The topological polar surface area (TPSA) is 24.9 Å². The fraction of sp³-hybridized carbons (Fsp3) is 0.119. The van der Waals surface area contributed by atoms with E-state index in [1.54, 1.807) is 0 Å². The molecule has 0 saturated carbocycles. The van der Waals surface area contributed by atoms with Crippen molar-refractivity contribution in [3.63, 3.8) is 0 Å². The smallest absolute Gasteiger partial charge is 0.333 e. The van der Waals surface area contributed by atoms with Crippen LogP contribution in [0.2, 0.25) is 0 Å². The Morgan fingerprint density at radius 1 is 0.453 bits per heavy atom. The molecular weight excluding hydrogens is 779 g/mol. The number of fused-ring (bicyclic) bond motifs is 8. The predicted octanol–water partition coefficient (Wildman–Crippen LogP) is 15.0. The van der Waals surface area contributed by atoms with Crippen LogP contribution >= 0.6 is 0 Å². The highest BCUT2D eigenvalue weighted by atomic mass is 16.6. The Hall–Kier alpha value is -7.50. The SMILES string of the molecule is Cc1cc(C(C)(C)C)ccc1N1c2cc3c(cc2B2c4c(cc(-c5c(C)cccc5C)cc41)-c1c(ccc4ccccc14)N2c1ccc(-c2ccccc2)cc1)Oc1ccccc1O3. The zero-order chi connectivity index (χ0) is 43.4. The minimum Gasteiger partial charge on any atom is -0.450 e. The molecule has 3 heterocycles. The molecule has 12 rings (SSSR count). The molecule has 0 amide bonds. The molecule has 0 fully saturated rings. The van der Waals surface area contributed by atoms with Gasteiger partial charge < -0.3 is 19.2 Å². The van der Waals surface area contributed by atoms with E-state index in [1.807, 2.05) is 24.3 Å². The molecule has 5 heteroatoms. The fourth-order valence-corrected chi connectivity index (χ4v) is 10.5. The standard InChI is InChI=1S/C59H47BN2O2/c1-36-15-14-16-37(2)56(36)42-32-46-57-45-20-11-10-19-41(45)25-29-49(57)62(44-27-23-40(24-28-44)39-17-8-7-9-18-39)60-47-34-54-55(64-53-22-13-12-21-52(53)63-54)35-50(47)61(51(33-42)58(46)60)48-30-26-43(31-38(48)3)59(4,5)6/h7-35H,1-6H3. The summed E-state index contributed by atoms with van der Waals surface area (Å²) in [5, 5.41) is 2.44. The molecule has 4 nitrogen and oxygen atoms in total. The van der Waals surface area contributed by atoms with Crippen LogP contribution in [-0.4, -0.2) is 6.85 Å². The van der Waals surface area contributed by atoms with Gasteiger partial charge in [-0.25, -0.2) is 0 Å². The molecule has 308 valence electrons. The van der Waals surface area contributed by atoms with Gasteiger partial charge in [-0.2, -0.15) is 0 Å². The van der Waals surface area contributed by atoms with Crippen LogP contribution in [-0.2, 0) is 5.41 Å². The Morgan fingerprint density at radius 2 is 1.11 bits per heavy atom. The molecular formula is C59H47BN2O2. The second-order valence-electron chi connectivity index (χ2n) is 18.7. The molecule has 9 aromatic carbocycles. The van der Waals surface area contributed by atoms with Gasteiger partial charge in [-0.3, -0.25) is 0 Å². The van der Waals surface area contributed by atoms with Crippen molar-refractivity contribution in [2.24, 2.45) is 0 Å². The number of anilines is 5. The normalized spacial score (nSPS) is 13.3. The van der Waals surface area contributed by atoms with E-state index in [4.69, 9.17) is 9.47 Å². The molecule has 0 N–H and O–H groups in total. The van der Waals surface area contributed by atoms with E-state index in [9.17, 15) is 0 Å². The average Bonchev–Trinajstić information content (AvgIpc) is 3.30. The van der Waals surface area contributed by atoms with Gasteiger partial charge in [-0.1, -0.05) is 136 Å². The second kappa shape index (κ2) is 14.3. The van der Waals surface area contributed by atoms with E-state index >= 15 is 0 Å². The molecule has 0 unspecified atom stereocenters. The van der Waals surface area contributed by atoms with Crippen molar-refractivity contribution in [1.29, 1.82) is 0 Å². The van der Waals surface area contributed by atoms with Crippen LogP contribution in [0.15, 0.2) is 176 Å². The number of nitrogens with zero attached hydrogens (tertiary/aromatic N) is 2. The van der Waals surface area contributed by atoms with Crippen LogP contribution in [0.1, 0.15) is 43.0 Å². The summed E-state index contributed by atoms with van der Waals surface area (Å²) in [6.07, 6.45) is 0. The minimum absolute atomic E-state index is 0.00535. The lowest BCUT2D eigenvalue weighted by molar-refractivity contribution is 0.360. The maximum atomic E-state index is 6.76. The largest absolute Gasteiger partial charge is 0.450 e. The van der Waals surface area contributed by atoms with Gasteiger partial charge in [0.1, 0.15) is 0 Å². The molecule has 9 aromatic rings. The number of hydrogen-bond acceptors (Lipinski definition) is 4. The van der Waals surface area contributed by atoms with Crippen LogP contribution in [0.3, 0.4) is 0 Å². The van der Waals surface area contributed by atoms with Crippen molar-refractivity contribution in [1.82, 2.24) is 0 Å². The summed E-state index contributed by atoms with van der Waals surface area (Å²) < 4.78 is 13.5. The Bertz CT molecular complexity index is 3350. The zero-order valence-electron chi connectivity index (χ0n) is 37.0. The molecule has 0 aliphatic carbocycles. The molecule has 0 atom stereocenters. The summed E-state index contributed by atoms with van der Waals surface area (Å²) >= 11 is 0. The first kappa shape index (κ1) is 38.2. The number of hydrogen-bond donors (Lipinski definition) is 0. The van der Waals surface area contributed by atoms with Crippen LogP contribution in [0, 0.1) is 20.8 Å². The fourth-order valence-electron chi connectivity index (χ4n) is 10.5. The van der Waals surface area contributed by atoms with Gasteiger partial charge >= 0.3 is 6.85 Å². The first-order chi connectivity index (χ1) is 31.1. The van der Waals surface area contributed by atoms with Crippen LogP contribution < -0.4 is 30.1 Å². The van der Waals surface area contributed by atoms with Crippen molar-refractivity contribution in [2.75, 3.05) is 9.71 Å². The number of rotatable bonds is 4. The van der Waals surface area contributed by atoms with Gasteiger partial charge in [0.25, 0.3) is 0 Å². The Kier molecular flexibility index (Phi) is 8.52. The Labute approximate surface area is 376 Å². The number of para-hydroxylation sites is 2. The highest BCUT2D eigenvalue weighted by Crippen LogP contribution is 2.54. The van der Waals surface area contributed by atoms with Crippen molar-refractivity contribution >= 4 is 57.0 Å². The number of aryl methyl sites for hydroxylation is 3. The molecule has 0 aromatic heterocycles. The molecule has 0 radical (unpaired) electrons. The molecule has 3 aliphatic rings. The van der Waals surface area contributed by atoms with Crippen molar-refractivity contribution in [2.45, 2.75) is 47.0 Å². The van der Waals surface area contributed by atoms with Crippen molar-refractivity contribution in [3.8, 4) is 56.4 Å². The first-order valence-corrected chi connectivity index (χ1v) is 22.4. The summed E-state index contributed by atoms with van der Waals surface area (Å²) in [5.41, 5.74) is 20.4. The van der Waals surface area contributed by atoms with Crippen LogP contribution in [0.4, 0.5) is 28.4 Å². The van der Waals surface area contributed by atoms with E-state index < -0.39 is 0 Å². The maximum Gasteiger partial charge on any atom is 0.333 e. The molecule has 0 saturated heterocycles. The van der Waals surface area contributed by atoms with Crippen molar-refractivity contribution < 1.29 is 9.47 Å². The maximum absolute atomic E-state index is 6.76. The average molecular weight is 827 g/mol. The second-order valence-corrected chi connectivity index (χ2v) is 18.7. The lowest BCUT2D eigenvalue weighted by atomic mass is 9.43. The van der Waals surface area contributed by atoms with Gasteiger partial charge in [0.05, 0.1) is 0 Å². The molecule has 3 aliphatic heterocycles. The van der Waals surface area contributed by atoms with E-state index in [0.29, 0.717) is 23.0 Å². The molecule has 0 spiro atoms. The summed E-state index contributed by atoms with van der Waals surface area (Å²) in [4.78, 5) is 5.09. The third-order valence-electron chi connectivity index (χ3n) is 13.6. The van der Waals surface area contributed by atoms with Crippen LogP contribution in [0.5, 0.6) is 23.0 Å². The lowest BCUT2D eigenvalue weighted by Gasteiger charge is -2.46. The first-order valence-electron chi connectivity index (χ1n) is 22.4. The Balaban J connectivity index is 1.21. The Morgan fingerprint density at radius 3 is 1.83 bits per heavy atom. The zero-order valence-corrected chi connectivity index (χ0v) is 37.0. The number of ether oxygens (including phenoxy) is 2. The summed E-state index contributed by atoms with van der Waals surface area (Å²) in [6, 6.07) is 64.3. The summed E-state index contributed by atoms with van der Waals surface area (Å²) in [5.74, 6) is 2.83. The van der Waals surface area contributed by atoms with Crippen LogP contribution in [0.25, 0.3) is 44.2 Å². The third kappa shape index (κ3) is 5.91. The van der Waals surface area contributed by atoms with E-state index in [2.05, 4.69) is 203 Å². The van der Waals surface area contributed by atoms with Crippen molar-refractivity contribution in [3.05, 3.63) is 198 Å². The lowest BCUT2D eigenvalue weighted by Crippen LogP contribution is -2.61. The van der Waals surface area contributed by atoms with Gasteiger partial charge in [0.2, 0.25) is 0 Å². The minimum atomic E-state index is -0.222.